The number of piperidine rings is 1. The summed E-state index contributed by atoms with van der Waals surface area (Å²) in [7, 11) is 1.61. The minimum Gasteiger partial charge on any atom is -0.383 e. The van der Waals surface area contributed by atoms with Gasteiger partial charge >= 0.3 is 0 Å². The average Bonchev–Trinajstić information content (AvgIpc) is 2.28. The van der Waals surface area contributed by atoms with Crippen LogP contribution in [-0.2, 0) is 14.3 Å². The summed E-state index contributed by atoms with van der Waals surface area (Å²) >= 11 is 0. The topological polar surface area (TPSA) is 59.6 Å². The van der Waals surface area contributed by atoms with E-state index in [0.29, 0.717) is 13.2 Å². The first-order valence-corrected chi connectivity index (χ1v) is 5.41. The smallest absolute Gasteiger partial charge is 0.246 e. The lowest BCUT2D eigenvalue weighted by Gasteiger charge is -2.22. The zero-order valence-electron chi connectivity index (χ0n) is 9.25. The Balaban J connectivity index is 2.00. The Morgan fingerprint density at radius 1 is 1.60 bits per heavy atom. The maximum absolute atomic E-state index is 11.2. The molecule has 1 atom stereocenters. The molecule has 1 rings (SSSR count). The van der Waals surface area contributed by atoms with E-state index >= 15 is 0 Å². The molecule has 0 bridgehead atoms. The summed E-state index contributed by atoms with van der Waals surface area (Å²) in [6.07, 6.45) is 2.35. The zero-order chi connectivity index (χ0) is 10.9. The van der Waals surface area contributed by atoms with Crippen molar-refractivity contribution in [3.05, 3.63) is 0 Å². The van der Waals surface area contributed by atoms with Crippen molar-refractivity contribution in [2.75, 3.05) is 40.0 Å². The average molecular weight is 216 g/mol. The number of amides is 1. The van der Waals surface area contributed by atoms with Gasteiger partial charge in [0.2, 0.25) is 5.91 Å². The summed E-state index contributed by atoms with van der Waals surface area (Å²) in [6.45, 7) is 3.14. The third kappa shape index (κ3) is 5.71. The quantitative estimate of drug-likeness (QED) is 0.589. The summed E-state index contributed by atoms with van der Waals surface area (Å²) < 4.78 is 10.3. The predicted octanol–water partition coefficient (Wildman–Crippen LogP) is -0.482. The summed E-state index contributed by atoms with van der Waals surface area (Å²) in [5.74, 6) is -0.0716. The van der Waals surface area contributed by atoms with Gasteiger partial charge in [-0.2, -0.15) is 0 Å². The molecule has 1 aliphatic rings. The highest BCUT2D eigenvalue weighted by Crippen LogP contribution is 2.05. The van der Waals surface area contributed by atoms with Gasteiger partial charge in [0.05, 0.1) is 12.7 Å². The van der Waals surface area contributed by atoms with Crippen molar-refractivity contribution in [2.24, 2.45) is 0 Å². The molecule has 0 unspecified atom stereocenters. The highest BCUT2D eigenvalue weighted by molar-refractivity contribution is 5.77. The first-order valence-electron chi connectivity index (χ1n) is 5.41. The fraction of sp³-hybridized carbons (Fsp3) is 0.900. The molecule has 1 heterocycles. The number of nitrogens with one attached hydrogen (secondary N) is 2. The van der Waals surface area contributed by atoms with Gasteiger partial charge in [-0.25, -0.2) is 0 Å². The van der Waals surface area contributed by atoms with Crippen molar-refractivity contribution >= 4 is 5.91 Å². The first kappa shape index (κ1) is 12.4. The third-order valence-corrected chi connectivity index (χ3v) is 2.33. The van der Waals surface area contributed by atoms with Crippen molar-refractivity contribution in [3.8, 4) is 0 Å². The van der Waals surface area contributed by atoms with Crippen LogP contribution in [0.2, 0.25) is 0 Å². The number of methoxy groups -OCH3 is 1. The van der Waals surface area contributed by atoms with E-state index in [1.807, 2.05) is 0 Å². The molecule has 0 radical (unpaired) electrons. The van der Waals surface area contributed by atoms with Crippen LogP contribution in [0.25, 0.3) is 0 Å². The Labute approximate surface area is 90.5 Å². The van der Waals surface area contributed by atoms with Gasteiger partial charge in [0.1, 0.15) is 6.61 Å². The molecule has 1 amide bonds. The van der Waals surface area contributed by atoms with E-state index in [2.05, 4.69) is 10.6 Å². The molecular weight excluding hydrogens is 196 g/mol. The van der Waals surface area contributed by atoms with Crippen LogP contribution in [0.5, 0.6) is 0 Å². The van der Waals surface area contributed by atoms with E-state index in [1.165, 1.54) is 0 Å². The van der Waals surface area contributed by atoms with E-state index in [0.717, 1.165) is 25.9 Å². The minimum absolute atomic E-state index is 0.0716. The largest absolute Gasteiger partial charge is 0.383 e. The van der Waals surface area contributed by atoms with Crippen molar-refractivity contribution in [2.45, 2.75) is 18.9 Å². The molecule has 2 N–H and O–H groups in total. The Morgan fingerprint density at radius 3 is 3.13 bits per heavy atom. The Kier molecular flexibility index (Phi) is 6.31. The number of ether oxygens (including phenoxy) is 2. The standard InChI is InChI=1S/C10H20N2O3/c1-14-6-5-12-10(13)8-15-9-3-2-4-11-7-9/h9,11H,2-8H2,1H3,(H,12,13)/t9-/m1/s1. The normalized spacial score (nSPS) is 21.3. The molecule has 1 saturated heterocycles. The van der Waals surface area contributed by atoms with Gasteiger partial charge in [0.15, 0.2) is 0 Å². The van der Waals surface area contributed by atoms with E-state index in [1.54, 1.807) is 7.11 Å². The Hall–Kier alpha value is -0.650. The van der Waals surface area contributed by atoms with Gasteiger partial charge in [-0.1, -0.05) is 0 Å². The lowest BCUT2D eigenvalue weighted by Crippen LogP contribution is -2.38. The van der Waals surface area contributed by atoms with Crippen LogP contribution < -0.4 is 10.6 Å². The van der Waals surface area contributed by atoms with Crippen molar-refractivity contribution in [3.63, 3.8) is 0 Å². The lowest BCUT2D eigenvalue weighted by molar-refractivity contribution is -0.128. The van der Waals surface area contributed by atoms with E-state index in [4.69, 9.17) is 9.47 Å². The molecule has 5 nitrogen and oxygen atoms in total. The molecule has 0 aromatic heterocycles. The van der Waals surface area contributed by atoms with Crippen LogP contribution in [0, 0.1) is 0 Å². The Bertz CT molecular complexity index is 182. The van der Waals surface area contributed by atoms with Gasteiger partial charge in [-0.05, 0) is 19.4 Å². The summed E-state index contributed by atoms with van der Waals surface area (Å²) in [5, 5.41) is 5.95. The number of carbonyl (C=O) groups is 1. The Morgan fingerprint density at radius 2 is 2.47 bits per heavy atom. The SMILES string of the molecule is COCCNC(=O)CO[C@@H]1CCCNC1. The maximum atomic E-state index is 11.2. The first-order chi connectivity index (χ1) is 7.33. The van der Waals surface area contributed by atoms with Crippen LogP contribution in [0.15, 0.2) is 0 Å². The second-order valence-electron chi connectivity index (χ2n) is 3.62. The molecule has 1 aliphatic heterocycles. The molecule has 0 aromatic carbocycles. The summed E-state index contributed by atoms with van der Waals surface area (Å²) in [6, 6.07) is 0. The number of carbonyl (C=O) groups excluding carboxylic acids is 1. The molecule has 0 spiro atoms. The molecule has 5 heteroatoms. The van der Waals surface area contributed by atoms with Crippen molar-refractivity contribution < 1.29 is 14.3 Å². The second-order valence-corrected chi connectivity index (χ2v) is 3.62. The van der Waals surface area contributed by atoms with Crippen LogP contribution in [0.1, 0.15) is 12.8 Å². The molecule has 0 aliphatic carbocycles. The van der Waals surface area contributed by atoms with E-state index in [9.17, 15) is 4.79 Å². The van der Waals surface area contributed by atoms with Crippen molar-refractivity contribution in [1.82, 2.24) is 10.6 Å². The number of hydrogen-bond donors (Lipinski definition) is 2. The van der Waals surface area contributed by atoms with Gasteiger partial charge < -0.3 is 20.1 Å². The number of rotatable bonds is 6. The van der Waals surface area contributed by atoms with Gasteiger partial charge in [0, 0.05) is 20.2 Å². The molecule has 1 fully saturated rings. The maximum Gasteiger partial charge on any atom is 0.246 e. The lowest BCUT2D eigenvalue weighted by atomic mass is 10.1. The van der Waals surface area contributed by atoms with Gasteiger partial charge in [0.25, 0.3) is 0 Å². The zero-order valence-corrected chi connectivity index (χ0v) is 9.25. The monoisotopic (exact) mass is 216 g/mol. The second kappa shape index (κ2) is 7.62. The minimum atomic E-state index is -0.0716. The summed E-state index contributed by atoms with van der Waals surface area (Å²) in [4.78, 5) is 11.2. The molecule has 88 valence electrons. The van der Waals surface area contributed by atoms with Crippen LogP contribution in [0.3, 0.4) is 0 Å². The predicted molar refractivity (Wildman–Crippen MR) is 56.7 cm³/mol. The third-order valence-electron chi connectivity index (χ3n) is 2.33. The molecule has 15 heavy (non-hydrogen) atoms. The number of hydrogen-bond acceptors (Lipinski definition) is 4. The molecular formula is C10H20N2O3. The van der Waals surface area contributed by atoms with Crippen molar-refractivity contribution in [1.29, 1.82) is 0 Å². The van der Waals surface area contributed by atoms with Gasteiger partial charge in [-0.15, -0.1) is 0 Å². The van der Waals surface area contributed by atoms with E-state index < -0.39 is 0 Å². The summed E-state index contributed by atoms with van der Waals surface area (Å²) in [5.41, 5.74) is 0. The van der Waals surface area contributed by atoms with E-state index in [-0.39, 0.29) is 18.6 Å². The fourth-order valence-corrected chi connectivity index (χ4v) is 1.50. The fourth-order valence-electron chi connectivity index (χ4n) is 1.50. The highest BCUT2D eigenvalue weighted by atomic mass is 16.5. The van der Waals surface area contributed by atoms with Gasteiger partial charge in [-0.3, -0.25) is 4.79 Å². The van der Waals surface area contributed by atoms with Crippen LogP contribution in [0.4, 0.5) is 0 Å². The van der Waals surface area contributed by atoms with Crippen LogP contribution in [-0.4, -0.2) is 52.0 Å². The molecule has 0 aromatic rings. The van der Waals surface area contributed by atoms with Crippen LogP contribution >= 0.6 is 0 Å². The highest BCUT2D eigenvalue weighted by Gasteiger charge is 2.14. The molecule has 0 saturated carbocycles.